The number of hydrogen-bond acceptors (Lipinski definition) is 3. The number of rotatable bonds is 4. The quantitative estimate of drug-likeness (QED) is 0.868. The van der Waals surface area contributed by atoms with E-state index in [1.54, 1.807) is 13.0 Å². The molecule has 0 fully saturated rings. The number of hydrogen-bond donors (Lipinski definition) is 1. The molecule has 0 bridgehead atoms. The maximum atomic E-state index is 11.2. The Labute approximate surface area is 110 Å². The highest BCUT2D eigenvalue weighted by atomic mass is 35.5. The van der Waals surface area contributed by atoms with Crippen LogP contribution in [-0.4, -0.2) is 14.5 Å². The Morgan fingerprint density at radius 1 is 1.41 bits per heavy atom. The molecule has 1 unspecified atom stereocenters. The van der Waals surface area contributed by atoms with Crippen LogP contribution in [0.2, 0.25) is 10.0 Å². The SMILES string of the molecule is C=CC(C)Oc1cc(Cl)c(S(N)(=O)=O)cc1Cl. The Morgan fingerprint density at radius 3 is 2.47 bits per heavy atom. The zero-order valence-electron chi connectivity index (χ0n) is 8.98. The number of ether oxygens (including phenoxy) is 1. The Morgan fingerprint density at radius 2 is 2.00 bits per heavy atom. The largest absolute Gasteiger partial charge is 0.485 e. The molecule has 2 N–H and O–H groups in total. The topological polar surface area (TPSA) is 69.4 Å². The highest BCUT2D eigenvalue weighted by molar-refractivity contribution is 7.89. The van der Waals surface area contributed by atoms with Gasteiger partial charge in [-0.3, -0.25) is 0 Å². The summed E-state index contributed by atoms with van der Waals surface area (Å²) in [4.78, 5) is -0.234. The average molecular weight is 296 g/mol. The minimum absolute atomic E-state index is 0.0387. The first-order valence-electron chi connectivity index (χ1n) is 4.56. The van der Waals surface area contributed by atoms with Crippen LogP contribution in [0.15, 0.2) is 29.7 Å². The van der Waals surface area contributed by atoms with E-state index in [1.807, 2.05) is 0 Å². The summed E-state index contributed by atoms with van der Waals surface area (Å²) in [6, 6.07) is 2.47. The lowest BCUT2D eigenvalue weighted by molar-refractivity contribution is 0.270. The van der Waals surface area contributed by atoms with Crippen LogP contribution in [0.1, 0.15) is 6.92 Å². The molecule has 1 aromatic carbocycles. The first kappa shape index (κ1) is 14.3. The first-order chi connectivity index (χ1) is 7.75. The number of halogens is 2. The lowest BCUT2D eigenvalue weighted by atomic mass is 10.3. The van der Waals surface area contributed by atoms with E-state index in [-0.39, 0.29) is 26.8 Å². The van der Waals surface area contributed by atoms with Gasteiger partial charge in [-0.1, -0.05) is 35.9 Å². The summed E-state index contributed by atoms with van der Waals surface area (Å²) in [6.45, 7) is 5.30. The summed E-state index contributed by atoms with van der Waals surface area (Å²) in [6.07, 6.45) is 1.29. The molecule has 0 aliphatic rings. The van der Waals surface area contributed by atoms with E-state index >= 15 is 0 Å². The molecule has 1 aromatic rings. The van der Waals surface area contributed by atoms with Crippen molar-refractivity contribution in [3.63, 3.8) is 0 Å². The van der Waals surface area contributed by atoms with Gasteiger partial charge in [0.1, 0.15) is 16.7 Å². The maximum absolute atomic E-state index is 11.2. The molecule has 0 saturated carbocycles. The summed E-state index contributed by atoms with van der Waals surface area (Å²) in [7, 11) is -3.90. The van der Waals surface area contributed by atoms with Gasteiger partial charge >= 0.3 is 0 Å². The van der Waals surface area contributed by atoms with Crippen LogP contribution in [0, 0.1) is 0 Å². The lowest BCUT2D eigenvalue weighted by Gasteiger charge is -2.13. The smallest absolute Gasteiger partial charge is 0.239 e. The van der Waals surface area contributed by atoms with Crippen molar-refractivity contribution >= 4 is 33.2 Å². The normalized spacial score (nSPS) is 13.2. The number of nitrogens with two attached hydrogens (primary N) is 1. The van der Waals surface area contributed by atoms with Crippen molar-refractivity contribution in [3.05, 3.63) is 34.8 Å². The van der Waals surface area contributed by atoms with E-state index in [2.05, 4.69) is 6.58 Å². The molecule has 1 rings (SSSR count). The van der Waals surface area contributed by atoms with Crippen molar-refractivity contribution in [1.29, 1.82) is 0 Å². The number of benzene rings is 1. The predicted molar refractivity (Wildman–Crippen MR) is 68.1 cm³/mol. The fourth-order valence-corrected chi connectivity index (χ4v) is 2.43. The highest BCUT2D eigenvalue weighted by Gasteiger charge is 2.17. The van der Waals surface area contributed by atoms with Crippen molar-refractivity contribution in [2.45, 2.75) is 17.9 Å². The zero-order chi connectivity index (χ0) is 13.2. The van der Waals surface area contributed by atoms with Gasteiger partial charge in [0, 0.05) is 6.07 Å². The number of sulfonamides is 1. The van der Waals surface area contributed by atoms with Crippen molar-refractivity contribution in [3.8, 4) is 5.75 Å². The van der Waals surface area contributed by atoms with Gasteiger partial charge in [0.25, 0.3) is 0 Å². The average Bonchev–Trinajstić information content (AvgIpc) is 2.21. The van der Waals surface area contributed by atoms with E-state index in [1.165, 1.54) is 6.07 Å². The van der Waals surface area contributed by atoms with E-state index < -0.39 is 10.0 Å². The summed E-state index contributed by atoms with van der Waals surface area (Å²) in [5, 5.41) is 5.06. The second-order valence-electron chi connectivity index (χ2n) is 3.32. The van der Waals surface area contributed by atoms with Crippen LogP contribution in [0.3, 0.4) is 0 Å². The molecule has 0 aliphatic heterocycles. The van der Waals surface area contributed by atoms with Crippen molar-refractivity contribution in [2.75, 3.05) is 0 Å². The minimum Gasteiger partial charge on any atom is -0.485 e. The third kappa shape index (κ3) is 3.61. The van der Waals surface area contributed by atoms with Gasteiger partial charge < -0.3 is 4.74 Å². The first-order valence-corrected chi connectivity index (χ1v) is 6.87. The summed E-state index contributed by atoms with van der Waals surface area (Å²) in [5.74, 6) is 0.275. The van der Waals surface area contributed by atoms with Crippen LogP contribution in [-0.2, 0) is 10.0 Å². The van der Waals surface area contributed by atoms with Crippen molar-refractivity contribution in [2.24, 2.45) is 5.14 Å². The highest BCUT2D eigenvalue weighted by Crippen LogP contribution is 2.33. The zero-order valence-corrected chi connectivity index (χ0v) is 11.3. The Kier molecular flexibility index (Phi) is 4.43. The van der Waals surface area contributed by atoms with Crippen LogP contribution < -0.4 is 9.88 Å². The Bertz CT molecular complexity index is 543. The standard InChI is InChI=1S/C10H11Cl2NO3S/c1-3-6(2)16-9-4-8(12)10(5-7(9)11)17(13,14)15/h3-6H,1H2,2H3,(H2,13,14,15). The van der Waals surface area contributed by atoms with E-state index in [0.29, 0.717) is 0 Å². The molecule has 4 nitrogen and oxygen atoms in total. The van der Waals surface area contributed by atoms with Crippen LogP contribution in [0.25, 0.3) is 0 Å². The molecule has 0 aromatic heterocycles. The van der Waals surface area contributed by atoms with Crippen LogP contribution in [0.5, 0.6) is 5.75 Å². The molecule has 0 aliphatic carbocycles. The molecule has 0 heterocycles. The molecule has 0 spiro atoms. The summed E-state index contributed by atoms with van der Waals surface area (Å²) in [5.41, 5.74) is 0. The van der Waals surface area contributed by atoms with Gasteiger partial charge in [0.15, 0.2) is 0 Å². The second kappa shape index (κ2) is 5.27. The molecule has 7 heteroatoms. The predicted octanol–water partition coefficient (Wildman–Crippen LogP) is 2.59. The van der Waals surface area contributed by atoms with Crippen LogP contribution in [0.4, 0.5) is 0 Å². The summed E-state index contributed by atoms with van der Waals surface area (Å²) < 4.78 is 27.7. The fourth-order valence-electron chi connectivity index (χ4n) is 1.07. The number of primary sulfonamides is 1. The molecule has 0 saturated heterocycles. The maximum Gasteiger partial charge on any atom is 0.239 e. The van der Waals surface area contributed by atoms with Crippen LogP contribution >= 0.6 is 23.2 Å². The Balaban J connectivity index is 3.23. The molecule has 94 valence electrons. The molecular weight excluding hydrogens is 285 g/mol. The molecular formula is C10H11Cl2NO3S. The van der Waals surface area contributed by atoms with Gasteiger partial charge in [-0.05, 0) is 13.0 Å². The summed E-state index contributed by atoms with van der Waals surface area (Å²) >= 11 is 11.7. The third-order valence-corrected chi connectivity index (χ3v) is 3.61. The molecule has 0 amide bonds. The monoisotopic (exact) mass is 295 g/mol. The van der Waals surface area contributed by atoms with Gasteiger partial charge in [0.05, 0.1) is 10.0 Å². The third-order valence-electron chi connectivity index (χ3n) is 1.94. The van der Waals surface area contributed by atoms with Gasteiger partial charge in [-0.2, -0.15) is 0 Å². The lowest BCUT2D eigenvalue weighted by Crippen LogP contribution is -2.13. The molecule has 17 heavy (non-hydrogen) atoms. The van der Waals surface area contributed by atoms with Crippen molar-refractivity contribution in [1.82, 2.24) is 0 Å². The van der Waals surface area contributed by atoms with E-state index in [9.17, 15) is 8.42 Å². The van der Waals surface area contributed by atoms with Crippen molar-refractivity contribution < 1.29 is 13.2 Å². The van der Waals surface area contributed by atoms with Gasteiger partial charge in [-0.25, -0.2) is 13.6 Å². The minimum atomic E-state index is -3.90. The van der Waals surface area contributed by atoms with Gasteiger partial charge in [0.2, 0.25) is 10.0 Å². The van der Waals surface area contributed by atoms with Gasteiger partial charge in [-0.15, -0.1) is 0 Å². The second-order valence-corrected chi connectivity index (χ2v) is 5.66. The molecule has 0 radical (unpaired) electrons. The van der Waals surface area contributed by atoms with E-state index in [4.69, 9.17) is 33.1 Å². The Hall–Kier alpha value is -0.750. The molecule has 1 atom stereocenters. The fraction of sp³-hybridized carbons (Fsp3) is 0.200. The van der Waals surface area contributed by atoms with E-state index in [0.717, 1.165) is 6.07 Å².